The first-order chi connectivity index (χ1) is 10.7. The van der Waals surface area contributed by atoms with Crippen molar-refractivity contribution in [3.05, 3.63) is 12.7 Å². The maximum atomic E-state index is 12.4. The molecule has 2 aliphatic rings. The Hall–Kier alpha value is -2.09. The maximum Gasteiger partial charge on any atom is 0.326 e. The number of carboxylic acids is 1. The van der Waals surface area contributed by atoms with Crippen LogP contribution in [0.15, 0.2) is 12.7 Å². The van der Waals surface area contributed by atoms with Crippen LogP contribution in [0, 0.1) is 5.92 Å². The Morgan fingerprint density at radius 3 is 2.30 bits per heavy atom. The number of carbonyl (C=O) groups is 3. The summed E-state index contributed by atoms with van der Waals surface area (Å²) in [4.78, 5) is 39.7. The monoisotopic (exact) mass is 325 g/mol. The summed E-state index contributed by atoms with van der Waals surface area (Å²) in [6.07, 6.45) is 1.23. The molecule has 0 saturated carbocycles. The standard InChI is InChI=1S/C15H23N3O5/c1-5-11(19)18-8-15(23-9-18)6-17(7-15)14(22)16(4)12(10(2)3)13(20)21/h5,10,12H,1,6-9H2,2-4H3,(H,20,21)/t12-/m0/s1. The number of aliphatic carboxylic acids is 1. The molecule has 0 unspecified atom stereocenters. The van der Waals surface area contributed by atoms with E-state index < -0.39 is 17.6 Å². The second-order valence-electron chi connectivity index (χ2n) is 6.47. The van der Waals surface area contributed by atoms with E-state index in [1.807, 2.05) is 0 Å². The highest BCUT2D eigenvalue weighted by Crippen LogP contribution is 2.32. The van der Waals surface area contributed by atoms with Crippen LogP contribution in [-0.2, 0) is 14.3 Å². The second-order valence-corrected chi connectivity index (χ2v) is 6.47. The number of rotatable bonds is 4. The molecule has 2 fully saturated rings. The summed E-state index contributed by atoms with van der Waals surface area (Å²) in [6, 6.07) is -1.21. The van der Waals surface area contributed by atoms with E-state index in [0.717, 1.165) is 0 Å². The minimum absolute atomic E-state index is 0.187. The SMILES string of the molecule is C=CC(=O)N1COC2(C1)CN(C(=O)N(C)[C@H](C(=O)O)C(C)C)C2. The number of ether oxygens (including phenoxy) is 1. The number of urea groups is 1. The van der Waals surface area contributed by atoms with E-state index in [1.54, 1.807) is 18.7 Å². The number of carbonyl (C=O) groups excluding carboxylic acids is 2. The second kappa shape index (κ2) is 6.19. The molecule has 8 heteroatoms. The average molecular weight is 325 g/mol. The molecule has 1 N–H and O–H groups in total. The number of amides is 3. The molecule has 1 atom stereocenters. The lowest BCUT2D eigenvalue weighted by molar-refractivity contribution is -0.144. The van der Waals surface area contributed by atoms with Crippen molar-refractivity contribution in [1.82, 2.24) is 14.7 Å². The van der Waals surface area contributed by atoms with Gasteiger partial charge in [0.1, 0.15) is 18.4 Å². The lowest BCUT2D eigenvalue weighted by Gasteiger charge is -2.48. The van der Waals surface area contributed by atoms with Gasteiger partial charge in [-0.05, 0) is 12.0 Å². The van der Waals surface area contributed by atoms with Gasteiger partial charge in [-0.25, -0.2) is 9.59 Å². The molecule has 8 nitrogen and oxygen atoms in total. The topological polar surface area (TPSA) is 90.4 Å². The van der Waals surface area contributed by atoms with Gasteiger partial charge in [-0.15, -0.1) is 0 Å². The predicted molar refractivity (Wildman–Crippen MR) is 81.6 cm³/mol. The third-order valence-corrected chi connectivity index (χ3v) is 4.32. The molecule has 0 aliphatic carbocycles. The van der Waals surface area contributed by atoms with Gasteiger partial charge in [0, 0.05) is 7.05 Å². The van der Waals surface area contributed by atoms with Gasteiger partial charge in [0.2, 0.25) is 5.91 Å². The third kappa shape index (κ3) is 3.17. The highest BCUT2D eigenvalue weighted by Gasteiger charge is 2.52. The molecule has 2 heterocycles. The first kappa shape index (κ1) is 17.3. The number of carboxylic acid groups (broad SMARTS) is 1. The van der Waals surface area contributed by atoms with E-state index in [4.69, 9.17) is 4.74 Å². The molecule has 0 aromatic heterocycles. The van der Waals surface area contributed by atoms with Gasteiger partial charge in [0.15, 0.2) is 0 Å². The van der Waals surface area contributed by atoms with Crippen molar-refractivity contribution >= 4 is 17.9 Å². The van der Waals surface area contributed by atoms with Gasteiger partial charge in [-0.3, -0.25) is 4.79 Å². The number of likely N-dealkylation sites (tertiary alicyclic amines) is 1. The minimum Gasteiger partial charge on any atom is -0.480 e. The highest BCUT2D eigenvalue weighted by atomic mass is 16.5. The normalized spacial score (nSPS) is 20.3. The molecule has 3 amide bonds. The predicted octanol–water partition coefficient (Wildman–Crippen LogP) is 0.204. The largest absolute Gasteiger partial charge is 0.480 e. The van der Waals surface area contributed by atoms with E-state index in [1.165, 1.54) is 22.9 Å². The van der Waals surface area contributed by atoms with Crippen LogP contribution in [0.4, 0.5) is 4.79 Å². The Balaban J connectivity index is 1.94. The number of hydrogen-bond acceptors (Lipinski definition) is 4. The zero-order chi connectivity index (χ0) is 17.4. The van der Waals surface area contributed by atoms with E-state index in [-0.39, 0.29) is 24.6 Å². The molecule has 1 spiro atoms. The molecule has 2 saturated heterocycles. The first-order valence-electron chi connectivity index (χ1n) is 7.50. The fraction of sp³-hybridized carbons (Fsp3) is 0.667. The molecule has 23 heavy (non-hydrogen) atoms. The summed E-state index contributed by atoms with van der Waals surface area (Å²) in [5.41, 5.74) is -0.536. The van der Waals surface area contributed by atoms with Crippen molar-refractivity contribution in [2.45, 2.75) is 25.5 Å². The van der Waals surface area contributed by atoms with Crippen molar-refractivity contribution in [3.63, 3.8) is 0 Å². The number of nitrogens with zero attached hydrogens (tertiary/aromatic N) is 3. The van der Waals surface area contributed by atoms with Crippen molar-refractivity contribution in [2.24, 2.45) is 5.92 Å². The van der Waals surface area contributed by atoms with Crippen LogP contribution in [0.5, 0.6) is 0 Å². The van der Waals surface area contributed by atoms with Crippen molar-refractivity contribution in [3.8, 4) is 0 Å². The van der Waals surface area contributed by atoms with Gasteiger partial charge in [0.25, 0.3) is 0 Å². The van der Waals surface area contributed by atoms with Crippen LogP contribution in [0.3, 0.4) is 0 Å². The number of likely N-dealkylation sites (N-methyl/N-ethyl adjacent to an activating group) is 1. The smallest absolute Gasteiger partial charge is 0.326 e. The molecule has 0 radical (unpaired) electrons. The summed E-state index contributed by atoms with van der Waals surface area (Å²) < 4.78 is 5.66. The summed E-state index contributed by atoms with van der Waals surface area (Å²) in [5.74, 6) is -1.42. The molecule has 0 bridgehead atoms. The average Bonchev–Trinajstić information content (AvgIpc) is 2.88. The maximum absolute atomic E-state index is 12.4. The molecule has 128 valence electrons. The van der Waals surface area contributed by atoms with Gasteiger partial charge in [-0.2, -0.15) is 0 Å². The van der Waals surface area contributed by atoms with E-state index in [2.05, 4.69) is 6.58 Å². The van der Waals surface area contributed by atoms with Crippen LogP contribution in [-0.4, -0.2) is 82.8 Å². The zero-order valence-electron chi connectivity index (χ0n) is 13.7. The van der Waals surface area contributed by atoms with Gasteiger partial charge in [0.05, 0.1) is 19.6 Å². The Bertz CT molecular complexity index is 527. The Morgan fingerprint density at radius 1 is 1.26 bits per heavy atom. The van der Waals surface area contributed by atoms with Crippen LogP contribution in [0.1, 0.15) is 13.8 Å². The quantitative estimate of drug-likeness (QED) is 0.746. The lowest BCUT2D eigenvalue weighted by Crippen LogP contribution is -2.68. The lowest BCUT2D eigenvalue weighted by atomic mass is 9.94. The van der Waals surface area contributed by atoms with Gasteiger partial charge >= 0.3 is 12.0 Å². The fourth-order valence-electron chi connectivity index (χ4n) is 3.14. The number of hydrogen-bond donors (Lipinski definition) is 1. The third-order valence-electron chi connectivity index (χ3n) is 4.32. The minimum atomic E-state index is -1.02. The molecular weight excluding hydrogens is 302 g/mol. The molecule has 2 aliphatic heterocycles. The summed E-state index contributed by atoms with van der Waals surface area (Å²) in [5, 5.41) is 9.27. The van der Waals surface area contributed by atoms with Crippen molar-refractivity contribution < 1.29 is 24.2 Å². The summed E-state index contributed by atoms with van der Waals surface area (Å²) in [7, 11) is 1.50. The first-order valence-corrected chi connectivity index (χ1v) is 7.50. The molecule has 0 aromatic rings. The van der Waals surface area contributed by atoms with E-state index in [0.29, 0.717) is 19.6 Å². The Kier molecular flexibility index (Phi) is 4.65. The van der Waals surface area contributed by atoms with Crippen molar-refractivity contribution in [2.75, 3.05) is 33.4 Å². The van der Waals surface area contributed by atoms with E-state index >= 15 is 0 Å². The summed E-state index contributed by atoms with van der Waals surface area (Å²) >= 11 is 0. The van der Waals surface area contributed by atoms with Crippen LogP contribution in [0.2, 0.25) is 0 Å². The van der Waals surface area contributed by atoms with Crippen LogP contribution < -0.4 is 0 Å². The van der Waals surface area contributed by atoms with Gasteiger partial charge in [-0.1, -0.05) is 20.4 Å². The highest BCUT2D eigenvalue weighted by molar-refractivity contribution is 5.87. The van der Waals surface area contributed by atoms with Crippen LogP contribution >= 0.6 is 0 Å². The van der Waals surface area contributed by atoms with E-state index in [9.17, 15) is 19.5 Å². The zero-order valence-corrected chi connectivity index (χ0v) is 13.7. The Labute approximate surface area is 135 Å². The molecule has 2 rings (SSSR count). The molecule has 0 aromatic carbocycles. The van der Waals surface area contributed by atoms with Gasteiger partial charge < -0.3 is 24.5 Å². The van der Waals surface area contributed by atoms with Crippen LogP contribution in [0.25, 0.3) is 0 Å². The fourth-order valence-corrected chi connectivity index (χ4v) is 3.14. The summed E-state index contributed by atoms with van der Waals surface area (Å²) in [6.45, 7) is 8.27. The van der Waals surface area contributed by atoms with Crippen molar-refractivity contribution in [1.29, 1.82) is 0 Å². The Morgan fingerprint density at radius 2 is 1.83 bits per heavy atom. The molecular formula is C15H23N3O5.